The van der Waals surface area contributed by atoms with Gasteiger partial charge in [-0.15, -0.1) is 24.9 Å². The lowest BCUT2D eigenvalue weighted by Crippen LogP contribution is -2.59. The van der Waals surface area contributed by atoms with Crippen molar-refractivity contribution < 1.29 is 24.2 Å². The molecule has 0 aromatic heterocycles. The van der Waals surface area contributed by atoms with E-state index in [9.17, 15) is 19.5 Å². The van der Waals surface area contributed by atoms with Gasteiger partial charge in [0.1, 0.15) is 11.8 Å². The highest BCUT2D eigenvalue weighted by Crippen LogP contribution is 2.68. The standard InChI is InChI=1S/C33H46BrN3O5S/c1-8-16-35(20(5)6)32(41)29-33-18-24(34)28(43-33)26(27(33)31(40)37(29)25(19-38)21(7)10-3)30(39)36(17-9-2)22-12-14-23(15-13-22)42-11-4/h8-9,12-15,20-21,24-29,38H,1-2,10-11,16-19H2,3-7H3/t21-,24?,25-,26+,27-,28+,29?,33?/m0/s1. The average molecular weight is 677 g/mol. The maximum atomic E-state index is 14.7. The highest BCUT2D eigenvalue weighted by atomic mass is 79.9. The maximum Gasteiger partial charge on any atom is 0.247 e. The van der Waals surface area contributed by atoms with E-state index in [0.29, 0.717) is 31.0 Å². The van der Waals surface area contributed by atoms with Gasteiger partial charge in [-0.2, -0.15) is 0 Å². The summed E-state index contributed by atoms with van der Waals surface area (Å²) in [7, 11) is 0. The number of anilines is 1. The van der Waals surface area contributed by atoms with E-state index in [2.05, 4.69) is 29.1 Å². The third-order valence-electron chi connectivity index (χ3n) is 9.36. The smallest absolute Gasteiger partial charge is 0.247 e. The number of hydrogen-bond acceptors (Lipinski definition) is 6. The number of alkyl halides is 1. The molecule has 2 bridgehead atoms. The van der Waals surface area contributed by atoms with Crippen LogP contribution in [0.25, 0.3) is 0 Å². The third kappa shape index (κ3) is 5.79. The van der Waals surface area contributed by atoms with Crippen LogP contribution in [0, 0.1) is 17.8 Å². The van der Waals surface area contributed by atoms with Crippen LogP contribution in [0.15, 0.2) is 49.6 Å². The second-order valence-electron chi connectivity index (χ2n) is 12.1. The van der Waals surface area contributed by atoms with E-state index in [1.807, 2.05) is 58.9 Å². The Kier molecular flexibility index (Phi) is 10.8. The van der Waals surface area contributed by atoms with Crippen LogP contribution in [0.1, 0.15) is 47.5 Å². The van der Waals surface area contributed by atoms with E-state index in [-0.39, 0.29) is 52.9 Å². The van der Waals surface area contributed by atoms with Gasteiger partial charge in [-0.05, 0) is 57.4 Å². The minimum absolute atomic E-state index is 0.0383. The summed E-state index contributed by atoms with van der Waals surface area (Å²) in [6, 6.07) is 5.92. The Morgan fingerprint density at radius 2 is 1.81 bits per heavy atom. The minimum Gasteiger partial charge on any atom is -0.494 e. The minimum atomic E-state index is -0.804. The van der Waals surface area contributed by atoms with E-state index < -0.39 is 28.7 Å². The lowest BCUT2D eigenvalue weighted by atomic mass is 9.70. The number of amides is 3. The molecule has 8 atom stereocenters. The lowest BCUT2D eigenvalue weighted by Gasteiger charge is -2.42. The van der Waals surface area contributed by atoms with Gasteiger partial charge >= 0.3 is 0 Å². The Morgan fingerprint density at radius 3 is 2.35 bits per heavy atom. The van der Waals surface area contributed by atoms with E-state index in [4.69, 9.17) is 4.74 Å². The maximum absolute atomic E-state index is 14.7. The molecule has 3 aliphatic heterocycles. The number of rotatable bonds is 14. The monoisotopic (exact) mass is 675 g/mol. The topological polar surface area (TPSA) is 90.4 Å². The average Bonchev–Trinajstić information content (AvgIpc) is 3.58. The van der Waals surface area contributed by atoms with E-state index in [1.54, 1.807) is 38.6 Å². The van der Waals surface area contributed by atoms with Crippen molar-refractivity contribution >= 4 is 51.1 Å². The fourth-order valence-electron chi connectivity index (χ4n) is 7.17. The molecule has 8 nitrogen and oxygen atoms in total. The van der Waals surface area contributed by atoms with Gasteiger partial charge in [0.2, 0.25) is 17.7 Å². The number of carbonyl (C=O) groups excluding carboxylic acids is 3. The van der Waals surface area contributed by atoms with Gasteiger partial charge in [-0.1, -0.05) is 48.4 Å². The van der Waals surface area contributed by atoms with Gasteiger partial charge < -0.3 is 24.5 Å². The number of halogens is 1. The van der Waals surface area contributed by atoms with E-state index >= 15 is 0 Å². The summed E-state index contributed by atoms with van der Waals surface area (Å²) in [5.74, 6) is -1.18. The summed E-state index contributed by atoms with van der Waals surface area (Å²) in [5, 5.41) is 10.5. The molecule has 1 spiro atoms. The van der Waals surface area contributed by atoms with Gasteiger partial charge in [0.15, 0.2) is 0 Å². The fourth-order valence-corrected chi connectivity index (χ4v) is 10.8. The summed E-state index contributed by atoms with van der Waals surface area (Å²) in [5.41, 5.74) is 0.695. The summed E-state index contributed by atoms with van der Waals surface area (Å²) in [6.45, 7) is 18.5. The molecule has 3 heterocycles. The number of ether oxygens (including phenoxy) is 1. The van der Waals surface area contributed by atoms with Crippen LogP contribution in [0.5, 0.6) is 5.75 Å². The van der Waals surface area contributed by atoms with Crippen molar-refractivity contribution in [1.29, 1.82) is 0 Å². The molecule has 0 radical (unpaired) electrons. The van der Waals surface area contributed by atoms with Crippen LogP contribution in [-0.2, 0) is 14.4 Å². The molecule has 3 aliphatic rings. The largest absolute Gasteiger partial charge is 0.494 e. The van der Waals surface area contributed by atoms with Gasteiger partial charge in [0.05, 0.1) is 35.8 Å². The Balaban J connectivity index is 1.82. The van der Waals surface area contributed by atoms with E-state index in [1.165, 1.54) is 0 Å². The predicted octanol–water partition coefficient (Wildman–Crippen LogP) is 4.90. The molecule has 1 aromatic carbocycles. The number of likely N-dealkylation sites (tertiary alicyclic amines) is 1. The van der Waals surface area contributed by atoms with Crippen molar-refractivity contribution in [2.45, 2.75) is 80.4 Å². The molecular formula is C33H46BrN3O5S. The second-order valence-corrected chi connectivity index (χ2v) is 14.8. The number of aliphatic hydroxyl groups is 1. The van der Waals surface area contributed by atoms with Crippen LogP contribution in [-0.4, -0.2) is 91.9 Å². The quantitative estimate of drug-likeness (QED) is 0.223. The molecule has 0 saturated carbocycles. The summed E-state index contributed by atoms with van der Waals surface area (Å²) >= 11 is 5.48. The normalized spacial score (nSPS) is 28.9. The number of aliphatic hydroxyl groups excluding tert-OH is 1. The SMILES string of the molecule is C=CCN(C(=O)[C@H]1[C@@H]2SC3(CC2Br)C(C(=O)N(CC=C)C(C)C)N([C@@H](CO)[C@@H](C)CC)C(=O)[C@H]13)c1ccc(OCC)cc1. The molecule has 4 rings (SSSR count). The van der Waals surface area contributed by atoms with Crippen LogP contribution in [0.3, 0.4) is 0 Å². The van der Waals surface area contributed by atoms with Crippen LogP contribution in [0.4, 0.5) is 5.69 Å². The number of thioether (sulfide) groups is 1. The highest BCUT2D eigenvalue weighted by molar-refractivity contribution is 9.09. The van der Waals surface area contributed by atoms with Crippen molar-refractivity contribution in [1.82, 2.24) is 9.80 Å². The Hall–Kier alpha value is -2.30. The van der Waals surface area contributed by atoms with Gasteiger partial charge in [-0.3, -0.25) is 14.4 Å². The molecule has 1 N–H and O–H groups in total. The van der Waals surface area contributed by atoms with Crippen LogP contribution in [0.2, 0.25) is 0 Å². The molecule has 10 heteroatoms. The number of nitrogens with zero attached hydrogens (tertiary/aromatic N) is 3. The molecule has 0 aliphatic carbocycles. The van der Waals surface area contributed by atoms with Crippen molar-refractivity contribution in [3.8, 4) is 5.75 Å². The number of carbonyl (C=O) groups is 3. The Bertz CT molecular complexity index is 1210. The first-order chi connectivity index (χ1) is 20.5. The zero-order chi connectivity index (χ0) is 31.6. The summed E-state index contributed by atoms with van der Waals surface area (Å²) < 4.78 is 4.80. The predicted molar refractivity (Wildman–Crippen MR) is 177 cm³/mol. The molecule has 1 aromatic rings. The lowest BCUT2D eigenvalue weighted by molar-refractivity contribution is -0.147. The molecule has 3 amide bonds. The summed E-state index contributed by atoms with van der Waals surface area (Å²) in [4.78, 5) is 48.9. The molecule has 3 unspecified atom stereocenters. The van der Waals surface area contributed by atoms with Crippen molar-refractivity contribution in [3.05, 3.63) is 49.6 Å². The van der Waals surface area contributed by atoms with Crippen molar-refractivity contribution in [3.63, 3.8) is 0 Å². The van der Waals surface area contributed by atoms with Gasteiger partial charge in [-0.25, -0.2) is 0 Å². The molecule has 43 heavy (non-hydrogen) atoms. The molecule has 236 valence electrons. The highest BCUT2D eigenvalue weighted by Gasteiger charge is 2.76. The Labute approximate surface area is 269 Å². The van der Waals surface area contributed by atoms with Gasteiger partial charge in [0.25, 0.3) is 0 Å². The number of hydrogen-bond donors (Lipinski definition) is 1. The number of benzene rings is 1. The first kappa shape index (κ1) is 33.6. The first-order valence-corrected chi connectivity index (χ1v) is 17.1. The van der Waals surface area contributed by atoms with Gasteiger partial charge in [0, 0.05) is 34.9 Å². The summed E-state index contributed by atoms with van der Waals surface area (Å²) in [6.07, 6.45) is 4.71. The molecular weight excluding hydrogens is 630 g/mol. The van der Waals surface area contributed by atoms with Crippen molar-refractivity contribution in [2.24, 2.45) is 17.8 Å². The van der Waals surface area contributed by atoms with Crippen LogP contribution >= 0.6 is 27.7 Å². The second kappa shape index (κ2) is 13.8. The van der Waals surface area contributed by atoms with Crippen LogP contribution < -0.4 is 9.64 Å². The molecule has 3 saturated heterocycles. The zero-order valence-electron chi connectivity index (χ0n) is 25.9. The first-order valence-electron chi connectivity index (χ1n) is 15.3. The van der Waals surface area contributed by atoms with Crippen molar-refractivity contribution in [2.75, 3.05) is 31.2 Å². The van der Waals surface area contributed by atoms with E-state index in [0.717, 1.165) is 6.42 Å². The third-order valence-corrected chi connectivity index (χ3v) is 12.6. The Morgan fingerprint density at radius 1 is 1.16 bits per heavy atom. The number of fused-ring (bicyclic) bond motifs is 1. The fraction of sp³-hybridized carbons (Fsp3) is 0.606. The zero-order valence-corrected chi connectivity index (χ0v) is 28.4. The molecule has 3 fully saturated rings.